The molecule has 0 saturated heterocycles. The summed E-state index contributed by atoms with van der Waals surface area (Å²) in [4.78, 5) is 24.3. The van der Waals surface area contributed by atoms with Crippen molar-refractivity contribution in [2.75, 3.05) is 13.2 Å². The Bertz CT molecular complexity index is 998. The highest BCUT2D eigenvalue weighted by Gasteiger charge is 2.18. The molecule has 0 aliphatic carbocycles. The minimum atomic E-state index is -1.09. The molecule has 0 radical (unpaired) electrons. The molecule has 0 unspecified atom stereocenters. The topological polar surface area (TPSA) is 134 Å². The number of aliphatic hydroxyl groups excluding tert-OH is 4. The van der Waals surface area contributed by atoms with Crippen LogP contribution in [0.5, 0.6) is 0 Å². The van der Waals surface area contributed by atoms with Crippen LogP contribution in [0.3, 0.4) is 0 Å². The highest BCUT2D eigenvalue weighted by atomic mass is 16.6. The fraction of sp³-hybridized carbons (Fsp3) is 0.733. The SMILES string of the molecule is CC/C=C\C[C@H](O)/C=C/C=C/C=C\C=C/[C@@H](O)[C@H](O)CCCC(=O)O[C@@H](CO)COC(=O)CCCCCCCCCCCCCCCCCCC(C)C. The van der Waals surface area contributed by atoms with Gasteiger partial charge >= 0.3 is 11.9 Å². The Kier molecular flexibility index (Phi) is 36.0. The number of aliphatic hydroxyl groups is 4. The molecule has 0 aliphatic heterocycles. The van der Waals surface area contributed by atoms with Gasteiger partial charge in [0, 0.05) is 12.8 Å². The van der Waals surface area contributed by atoms with Crippen molar-refractivity contribution in [2.24, 2.45) is 5.92 Å². The fourth-order valence-corrected chi connectivity index (χ4v) is 5.79. The largest absolute Gasteiger partial charge is 0.462 e. The van der Waals surface area contributed by atoms with E-state index in [1.54, 1.807) is 42.5 Å². The van der Waals surface area contributed by atoms with Crippen molar-refractivity contribution in [2.45, 2.75) is 193 Å². The van der Waals surface area contributed by atoms with Crippen LogP contribution in [0.2, 0.25) is 0 Å². The van der Waals surface area contributed by atoms with Gasteiger partial charge in [-0.3, -0.25) is 9.59 Å². The number of allylic oxidation sites excluding steroid dienone is 7. The second kappa shape index (κ2) is 37.8. The van der Waals surface area contributed by atoms with E-state index in [1.165, 1.54) is 96.0 Å². The van der Waals surface area contributed by atoms with Crippen LogP contribution < -0.4 is 0 Å². The van der Waals surface area contributed by atoms with E-state index in [0.717, 1.165) is 31.6 Å². The lowest BCUT2D eigenvalue weighted by Gasteiger charge is -2.17. The number of hydrogen-bond donors (Lipinski definition) is 4. The number of esters is 2. The Hall–Kier alpha value is -2.52. The second-order valence-electron chi connectivity index (χ2n) is 14.7. The van der Waals surface area contributed by atoms with Gasteiger partial charge in [-0.1, -0.05) is 184 Å². The summed E-state index contributed by atoms with van der Waals surface area (Å²) in [6.45, 7) is 6.01. The van der Waals surface area contributed by atoms with Gasteiger partial charge in [-0.15, -0.1) is 0 Å². The lowest BCUT2D eigenvalue weighted by atomic mass is 10.0. The molecular weight excluding hydrogens is 668 g/mol. The first kappa shape index (κ1) is 50.5. The highest BCUT2D eigenvalue weighted by molar-refractivity contribution is 5.70. The van der Waals surface area contributed by atoms with Gasteiger partial charge in [-0.25, -0.2) is 0 Å². The summed E-state index contributed by atoms with van der Waals surface area (Å²) < 4.78 is 10.5. The van der Waals surface area contributed by atoms with Gasteiger partial charge in [0.2, 0.25) is 0 Å². The van der Waals surface area contributed by atoms with E-state index in [9.17, 15) is 30.0 Å². The van der Waals surface area contributed by atoms with Crippen LogP contribution >= 0.6 is 0 Å². The third-order valence-corrected chi connectivity index (χ3v) is 9.10. The molecule has 0 aliphatic rings. The predicted octanol–water partition coefficient (Wildman–Crippen LogP) is 9.95. The Morgan fingerprint density at radius 2 is 1.08 bits per heavy atom. The van der Waals surface area contributed by atoms with Gasteiger partial charge in [-0.2, -0.15) is 0 Å². The number of carbonyl (C=O) groups excluding carboxylic acids is 2. The molecule has 8 heteroatoms. The molecule has 4 atom stereocenters. The third-order valence-electron chi connectivity index (χ3n) is 9.10. The van der Waals surface area contributed by atoms with Gasteiger partial charge in [0.1, 0.15) is 6.61 Å². The molecule has 0 heterocycles. The molecule has 53 heavy (non-hydrogen) atoms. The summed E-state index contributed by atoms with van der Waals surface area (Å²) >= 11 is 0. The van der Waals surface area contributed by atoms with Gasteiger partial charge in [0.25, 0.3) is 0 Å². The van der Waals surface area contributed by atoms with Crippen molar-refractivity contribution in [1.82, 2.24) is 0 Å². The Labute approximate surface area is 323 Å². The molecule has 4 N–H and O–H groups in total. The van der Waals surface area contributed by atoms with E-state index < -0.39 is 37.0 Å². The summed E-state index contributed by atoms with van der Waals surface area (Å²) in [5, 5.41) is 39.7. The zero-order valence-corrected chi connectivity index (χ0v) is 33.8. The molecule has 0 aromatic rings. The van der Waals surface area contributed by atoms with Crippen molar-refractivity contribution in [3.05, 3.63) is 60.8 Å². The zero-order chi connectivity index (χ0) is 39.2. The second-order valence-corrected chi connectivity index (χ2v) is 14.7. The molecule has 0 amide bonds. The number of unbranched alkanes of at least 4 members (excludes halogenated alkanes) is 15. The summed E-state index contributed by atoms with van der Waals surface area (Å²) in [7, 11) is 0. The van der Waals surface area contributed by atoms with Crippen LogP contribution in [0.25, 0.3) is 0 Å². The minimum absolute atomic E-state index is 0.00138. The maximum absolute atomic E-state index is 12.2. The summed E-state index contributed by atoms with van der Waals surface area (Å²) in [5.41, 5.74) is 0. The van der Waals surface area contributed by atoms with Crippen LogP contribution in [0.15, 0.2) is 60.8 Å². The smallest absolute Gasteiger partial charge is 0.306 e. The van der Waals surface area contributed by atoms with E-state index >= 15 is 0 Å². The predicted molar refractivity (Wildman–Crippen MR) is 218 cm³/mol. The van der Waals surface area contributed by atoms with Crippen LogP contribution in [-0.4, -0.2) is 70.0 Å². The molecule has 0 aromatic heterocycles. The van der Waals surface area contributed by atoms with Crippen molar-refractivity contribution < 1.29 is 39.5 Å². The van der Waals surface area contributed by atoms with Crippen LogP contribution in [0.4, 0.5) is 0 Å². The van der Waals surface area contributed by atoms with Gasteiger partial charge in [0.05, 0.1) is 24.9 Å². The summed E-state index contributed by atoms with van der Waals surface area (Å²) in [6, 6.07) is 0. The molecule has 0 rings (SSSR count). The Morgan fingerprint density at radius 1 is 0.585 bits per heavy atom. The van der Waals surface area contributed by atoms with Crippen LogP contribution in [0, 0.1) is 5.92 Å². The van der Waals surface area contributed by atoms with E-state index in [2.05, 4.69) is 13.8 Å². The Morgan fingerprint density at radius 3 is 1.60 bits per heavy atom. The van der Waals surface area contributed by atoms with Crippen molar-refractivity contribution >= 4 is 11.9 Å². The number of ether oxygens (including phenoxy) is 2. The molecule has 8 nitrogen and oxygen atoms in total. The summed E-state index contributed by atoms with van der Waals surface area (Å²) in [6.07, 6.45) is 38.0. The van der Waals surface area contributed by atoms with Gasteiger partial charge in [0.15, 0.2) is 6.10 Å². The van der Waals surface area contributed by atoms with E-state index in [1.807, 2.05) is 19.1 Å². The monoisotopic (exact) mass is 747 g/mol. The normalized spacial score (nSPS) is 14.7. The van der Waals surface area contributed by atoms with Crippen molar-refractivity contribution in [3.8, 4) is 0 Å². The van der Waals surface area contributed by atoms with E-state index in [0.29, 0.717) is 12.8 Å². The molecular formula is C45H78O8. The Balaban J connectivity index is 3.84. The average Bonchev–Trinajstić information content (AvgIpc) is 3.13. The van der Waals surface area contributed by atoms with Crippen LogP contribution in [-0.2, 0) is 19.1 Å². The maximum Gasteiger partial charge on any atom is 0.306 e. The average molecular weight is 747 g/mol. The fourth-order valence-electron chi connectivity index (χ4n) is 5.79. The molecule has 0 spiro atoms. The summed E-state index contributed by atoms with van der Waals surface area (Å²) in [5.74, 6) is -0.0804. The first-order chi connectivity index (χ1) is 25.7. The van der Waals surface area contributed by atoms with Gasteiger partial charge < -0.3 is 29.9 Å². The zero-order valence-electron chi connectivity index (χ0n) is 33.8. The minimum Gasteiger partial charge on any atom is -0.462 e. The molecule has 0 aromatic carbocycles. The first-order valence-corrected chi connectivity index (χ1v) is 21.0. The molecule has 0 saturated carbocycles. The maximum atomic E-state index is 12.2. The lowest BCUT2D eigenvalue weighted by Crippen LogP contribution is -2.29. The van der Waals surface area contributed by atoms with Crippen molar-refractivity contribution in [3.63, 3.8) is 0 Å². The number of carbonyl (C=O) groups is 2. The van der Waals surface area contributed by atoms with Gasteiger partial charge in [-0.05, 0) is 38.0 Å². The van der Waals surface area contributed by atoms with E-state index in [-0.39, 0.29) is 31.8 Å². The molecule has 0 bridgehead atoms. The molecule has 0 fully saturated rings. The third kappa shape index (κ3) is 36.2. The van der Waals surface area contributed by atoms with Crippen molar-refractivity contribution in [1.29, 1.82) is 0 Å². The van der Waals surface area contributed by atoms with Crippen LogP contribution in [0.1, 0.15) is 168 Å². The lowest BCUT2D eigenvalue weighted by molar-refractivity contribution is -0.161. The number of rotatable bonds is 36. The standard InChI is InChI=1S/C45H78O8/c1-4-5-24-31-40(47)32-26-21-18-19-22-27-33-42(48)43(49)34-29-36-45(51)53-41(37-46)38-52-44(50)35-28-23-17-15-13-11-9-7-6-8-10-12-14-16-20-25-30-39(2)3/h5,18-19,21-22,24,26-27,32-33,39-43,46-49H,4,6-17,20,23,25,28-31,34-38H2,1-3H3/b21-18+,22-19-,24-5-,32-26+,33-27-/t40-,41-,42+,43+/m0/s1. The number of hydrogen-bond acceptors (Lipinski definition) is 8. The highest BCUT2D eigenvalue weighted by Crippen LogP contribution is 2.16. The first-order valence-electron chi connectivity index (χ1n) is 21.0. The quantitative estimate of drug-likeness (QED) is 0.0216. The van der Waals surface area contributed by atoms with E-state index in [4.69, 9.17) is 9.47 Å². The molecule has 306 valence electrons.